The lowest BCUT2D eigenvalue weighted by Gasteiger charge is -2.10. The van der Waals surface area contributed by atoms with Crippen LogP contribution in [-0.4, -0.2) is 24.8 Å². The predicted octanol–water partition coefficient (Wildman–Crippen LogP) is 2.31. The Morgan fingerprint density at radius 1 is 1.47 bits per heavy atom. The van der Waals surface area contributed by atoms with Gasteiger partial charge in [0.25, 0.3) is 0 Å². The molecule has 4 nitrogen and oxygen atoms in total. The molecule has 0 unspecified atom stereocenters. The summed E-state index contributed by atoms with van der Waals surface area (Å²) < 4.78 is 33.1. The van der Waals surface area contributed by atoms with E-state index in [0.29, 0.717) is 11.3 Å². The van der Waals surface area contributed by atoms with Gasteiger partial charge in [0.2, 0.25) is 0 Å². The third-order valence-electron chi connectivity index (χ3n) is 2.09. The molecule has 17 heavy (non-hydrogen) atoms. The van der Waals surface area contributed by atoms with Gasteiger partial charge in [0, 0.05) is 12.5 Å². The molecule has 0 spiro atoms. The minimum atomic E-state index is -2.90. The van der Waals surface area contributed by atoms with E-state index in [-0.39, 0.29) is 18.6 Å². The van der Waals surface area contributed by atoms with Gasteiger partial charge < -0.3 is 14.6 Å². The van der Waals surface area contributed by atoms with Crippen LogP contribution in [0.15, 0.2) is 18.2 Å². The smallest absolute Gasteiger partial charge is 0.387 e. The highest BCUT2D eigenvalue weighted by Gasteiger charge is 2.10. The van der Waals surface area contributed by atoms with E-state index < -0.39 is 12.6 Å². The maximum Gasteiger partial charge on any atom is 0.387 e. The molecule has 0 aliphatic rings. The van der Waals surface area contributed by atoms with Gasteiger partial charge in [-0.25, -0.2) is 0 Å². The molecule has 0 bridgehead atoms. The van der Waals surface area contributed by atoms with Crippen LogP contribution < -0.4 is 9.47 Å². The second-order valence-corrected chi connectivity index (χ2v) is 3.25. The van der Waals surface area contributed by atoms with Crippen molar-refractivity contribution in [2.24, 2.45) is 0 Å². The average Bonchev–Trinajstić information content (AvgIpc) is 2.26. The molecule has 94 valence electrons. The third kappa shape index (κ3) is 4.26. The van der Waals surface area contributed by atoms with Gasteiger partial charge in [-0.05, 0) is 18.1 Å². The zero-order valence-electron chi connectivity index (χ0n) is 9.15. The number of hydrogen-bond acceptors (Lipinski definition) is 3. The molecule has 6 heteroatoms. The number of alkyl halides is 2. The number of methoxy groups -OCH3 is 1. The zero-order valence-corrected chi connectivity index (χ0v) is 9.15. The SMILES string of the molecule is COc1cc(OC(F)F)ccc1CCC(=O)O. The van der Waals surface area contributed by atoms with Crippen LogP contribution >= 0.6 is 0 Å². The minimum absolute atomic E-state index is 0.0177. The summed E-state index contributed by atoms with van der Waals surface area (Å²) in [4.78, 5) is 10.4. The average molecular weight is 246 g/mol. The van der Waals surface area contributed by atoms with Crippen LogP contribution in [0.3, 0.4) is 0 Å². The molecule has 0 aliphatic carbocycles. The number of carbonyl (C=O) groups is 1. The van der Waals surface area contributed by atoms with Gasteiger partial charge in [-0.1, -0.05) is 6.07 Å². The van der Waals surface area contributed by atoms with Crippen molar-refractivity contribution in [2.75, 3.05) is 7.11 Å². The van der Waals surface area contributed by atoms with Crippen LogP contribution in [0.4, 0.5) is 8.78 Å². The molecule has 0 amide bonds. The van der Waals surface area contributed by atoms with Gasteiger partial charge in [0.1, 0.15) is 11.5 Å². The molecule has 0 heterocycles. The van der Waals surface area contributed by atoms with E-state index in [4.69, 9.17) is 9.84 Å². The highest BCUT2D eigenvalue weighted by Crippen LogP contribution is 2.26. The maximum atomic E-state index is 12.0. The molecule has 1 N–H and O–H groups in total. The van der Waals surface area contributed by atoms with E-state index in [0.717, 1.165) is 0 Å². The molecule has 1 aromatic carbocycles. The second kappa shape index (κ2) is 6.03. The first kappa shape index (κ1) is 13.2. The summed E-state index contributed by atoms with van der Waals surface area (Å²) in [7, 11) is 1.38. The van der Waals surface area contributed by atoms with Crippen molar-refractivity contribution in [1.82, 2.24) is 0 Å². The number of halogens is 2. The highest BCUT2D eigenvalue weighted by atomic mass is 19.3. The van der Waals surface area contributed by atoms with E-state index in [9.17, 15) is 13.6 Å². The molecule has 0 aromatic heterocycles. The van der Waals surface area contributed by atoms with Crippen LogP contribution in [0, 0.1) is 0 Å². The minimum Gasteiger partial charge on any atom is -0.496 e. The molecule has 0 fully saturated rings. The third-order valence-corrected chi connectivity index (χ3v) is 2.09. The number of carboxylic acids is 1. The Morgan fingerprint density at radius 2 is 2.18 bits per heavy atom. The Kier molecular flexibility index (Phi) is 4.68. The van der Waals surface area contributed by atoms with E-state index in [1.807, 2.05) is 0 Å². The first-order chi connectivity index (χ1) is 8.02. The first-order valence-corrected chi connectivity index (χ1v) is 4.86. The lowest BCUT2D eigenvalue weighted by Crippen LogP contribution is -2.03. The van der Waals surface area contributed by atoms with E-state index in [1.165, 1.54) is 25.3 Å². The van der Waals surface area contributed by atoms with Crippen LogP contribution in [0.5, 0.6) is 11.5 Å². The molecule has 1 rings (SSSR count). The monoisotopic (exact) mass is 246 g/mol. The van der Waals surface area contributed by atoms with E-state index in [1.54, 1.807) is 0 Å². The Balaban J connectivity index is 2.81. The van der Waals surface area contributed by atoms with Crippen molar-refractivity contribution in [1.29, 1.82) is 0 Å². The highest BCUT2D eigenvalue weighted by molar-refractivity contribution is 5.67. The maximum absolute atomic E-state index is 12.0. The summed E-state index contributed by atoms with van der Waals surface area (Å²) in [6.07, 6.45) is 0.221. The molecule has 1 aromatic rings. The Labute approximate surface area is 96.8 Å². The molecule has 0 radical (unpaired) electrons. The van der Waals surface area contributed by atoms with Crippen molar-refractivity contribution < 1.29 is 28.2 Å². The topological polar surface area (TPSA) is 55.8 Å². The lowest BCUT2D eigenvalue weighted by molar-refractivity contribution is -0.136. The molecular weight excluding hydrogens is 234 g/mol. The van der Waals surface area contributed by atoms with Crippen molar-refractivity contribution >= 4 is 5.97 Å². The molecule has 0 saturated heterocycles. The zero-order chi connectivity index (χ0) is 12.8. The summed E-state index contributed by atoms with van der Waals surface area (Å²) in [5.74, 6) is -0.611. The predicted molar refractivity (Wildman–Crippen MR) is 55.6 cm³/mol. The van der Waals surface area contributed by atoms with Gasteiger partial charge in [0.05, 0.1) is 7.11 Å². The second-order valence-electron chi connectivity index (χ2n) is 3.25. The molecule has 0 saturated carbocycles. The number of ether oxygens (including phenoxy) is 2. The van der Waals surface area contributed by atoms with Crippen molar-refractivity contribution in [3.8, 4) is 11.5 Å². The summed E-state index contributed by atoms with van der Waals surface area (Å²) in [5.41, 5.74) is 0.636. The van der Waals surface area contributed by atoms with Crippen LogP contribution in [-0.2, 0) is 11.2 Å². The van der Waals surface area contributed by atoms with Gasteiger partial charge >= 0.3 is 12.6 Å². The number of hydrogen-bond donors (Lipinski definition) is 1. The number of rotatable bonds is 6. The van der Waals surface area contributed by atoms with Gasteiger partial charge in [-0.3, -0.25) is 4.79 Å². The molecule has 0 aliphatic heterocycles. The molecular formula is C11H12F2O4. The number of aryl methyl sites for hydroxylation is 1. The Bertz CT molecular complexity index is 393. The fourth-order valence-electron chi connectivity index (χ4n) is 1.35. The van der Waals surface area contributed by atoms with E-state index in [2.05, 4.69) is 4.74 Å². The van der Waals surface area contributed by atoms with Crippen LogP contribution in [0.1, 0.15) is 12.0 Å². The van der Waals surface area contributed by atoms with Gasteiger partial charge in [0.15, 0.2) is 0 Å². The number of benzene rings is 1. The largest absolute Gasteiger partial charge is 0.496 e. The molecule has 0 atom stereocenters. The fraction of sp³-hybridized carbons (Fsp3) is 0.364. The number of carboxylic acid groups (broad SMARTS) is 1. The van der Waals surface area contributed by atoms with Crippen LogP contribution in [0.25, 0.3) is 0 Å². The normalized spacial score (nSPS) is 10.4. The Morgan fingerprint density at radius 3 is 2.71 bits per heavy atom. The van der Waals surface area contributed by atoms with Crippen molar-refractivity contribution in [2.45, 2.75) is 19.5 Å². The summed E-state index contributed by atoms with van der Waals surface area (Å²) in [6, 6.07) is 4.18. The summed E-state index contributed by atoms with van der Waals surface area (Å²) >= 11 is 0. The van der Waals surface area contributed by atoms with E-state index >= 15 is 0 Å². The standard InChI is InChI=1S/C11H12F2O4/c1-16-9-6-8(17-11(12)13)4-2-7(9)3-5-10(14)15/h2,4,6,11H,3,5H2,1H3,(H,14,15). The summed E-state index contributed by atoms with van der Waals surface area (Å²) in [6.45, 7) is -2.90. The van der Waals surface area contributed by atoms with Crippen molar-refractivity contribution in [3.05, 3.63) is 23.8 Å². The van der Waals surface area contributed by atoms with Crippen molar-refractivity contribution in [3.63, 3.8) is 0 Å². The first-order valence-electron chi connectivity index (χ1n) is 4.86. The van der Waals surface area contributed by atoms with Crippen LogP contribution in [0.2, 0.25) is 0 Å². The van der Waals surface area contributed by atoms with Gasteiger partial charge in [-0.2, -0.15) is 8.78 Å². The number of aliphatic carboxylic acids is 1. The van der Waals surface area contributed by atoms with Gasteiger partial charge in [-0.15, -0.1) is 0 Å². The quantitative estimate of drug-likeness (QED) is 0.836. The lowest BCUT2D eigenvalue weighted by atomic mass is 10.1. The Hall–Kier alpha value is -1.85. The summed E-state index contributed by atoms with van der Waals surface area (Å²) in [5, 5.41) is 8.55. The fourth-order valence-corrected chi connectivity index (χ4v) is 1.35.